The number of aryl methyl sites for hydroxylation is 1. The minimum absolute atomic E-state index is 0.0450. The maximum Gasteiger partial charge on any atom is 0.335 e. The van der Waals surface area contributed by atoms with Gasteiger partial charge in [0, 0.05) is 35.1 Å². The predicted octanol–water partition coefficient (Wildman–Crippen LogP) is 5.17. The summed E-state index contributed by atoms with van der Waals surface area (Å²) in [4.78, 5) is 23.5. The van der Waals surface area contributed by atoms with Crippen LogP contribution in [0.1, 0.15) is 58.4 Å². The van der Waals surface area contributed by atoms with E-state index in [0.29, 0.717) is 11.6 Å². The average Bonchev–Trinajstić information content (AvgIpc) is 3.46. The van der Waals surface area contributed by atoms with E-state index in [9.17, 15) is 9.90 Å². The van der Waals surface area contributed by atoms with Crippen LogP contribution in [-0.4, -0.2) is 42.5 Å². The molecule has 3 aromatic rings. The number of aliphatic imine (C=N–C) groups is 1. The van der Waals surface area contributed by atoms with Crippen molar-refractivity contribution in [3.63, 3.8) is 0 Å². The van der Waals surface area contributed by atoms with Crippen molar-refractivity contribution < 1.29 is 9.90 Å². The molecule has 0 radical (unpaired) electrons. The molecule has 3 unspecified atom stereocenters. The Morgan fingerprint density at radius 2 is 1.97 bits per heavy atom. The summed E-state index contributed by atoms with van der Waals surface area (Å²) < 4.78 is 2.21. The number of fused-ring (bicyclic) bond motifs is 1. The molecule has 0 saturated carbocycles. The first kappa shape index (κ1) is 20.8. The van der Waals surface area contributed by atoms with Gasteiger partial charge in [0.15, 0.2) is 5.17 Å². The van der Waals surface area contributed by atoms with Crippen LogP contribution >= 0.6 is 11.8 Å². The molecule has 0 spiro atoms. The van der Waals surface area contributed by atoms with Crippen LogP contribution in [0, 0.1) is 13.8 Å². The van der Waals surface area contributed by atoms with Crippen molar-refractivity contribution in [2.24, 2.45) is 4.99 Å². The summed E-state index contributed by atoms with van der Waals surface area (Å²) in [5.74, 6) is 0.153. The monoisotopic (exact) mass is 446 g/mol. The van der Waals surface area contributed by atoms with E-state index in [-0.39, 0.29) is 12.1 Å². The Morgan fingerprint density at radius 1 is 1.19 bits per heavy atom. The summed E-state index contributed by atoms with van der Waals surface area (Å²) in [7, 11) is 0. The number of carboxylic acid groups (broad SMARTS) is 1. The molecular formula is C25H26N4O2S. The van der Waals surface area contributed by atoms with Gasteiger partial charge >= 0.3 is 5.97 Å². The van der Waals surface area contributed by atoms with Gasteiger partial charge in [-0.2, -0.15) is 0 Å². The first-order chi connectivity index (χ1) is 15.5. The van der Waals surface area contributed by atoms with Crippen LogP contribution in [0.4, 0.5) is 0 Å². The summed E-state index contributed by atoms with van der Waals surface area (Å²) in [5.41, 5.74) is 5.77. The van der Waals surface area contributed by atoms with Gasteiger partial charge in [0.1, 0.15) is 6.04 Å². The summed E-state index contributed by atoms with van der Waals surface area (Å²) in [6, 6.07) is 15.9. The number of carboxylic acids is 1. The molecule has 2 aliphatic heterocycles. The molecule has 0 bridgehead atoms. The highest BCUT2D eigenvalue weighted by atomic mass is 32.2. The maximum atomic E-state index is 11.3. The lowest BCUT2D eigenvalue weighted by atomic mass is 9.95. The molecule has 2 aliphatic rings. The lowest BCUT2D eigenvalue weighted by Gasteiger charge is -2.32. The molecule has 1 aromatic carbocycles. The van der Waals surface area contributed by atoms with E-state index in [1.807, 2.05) is 42.2 Å². The van der Waals surface area contributed by atoms with Crippen molar-refractivity contribution in [1.29, 1.82) is 0 Å². The lowest BCUT2D eigenvalue weighted by Crippen LogP contribution is -2.35. The highest BCUT2D eigenvalue weighted by Crippen LogP contribution is 2.49. The minimum Gasteiger partial charge on any atom is -0.478 e. The number of benzene rings is 1. The number of rotatable bonds is 5. The van der Waals surface area contributed by atoms with Gasteiger partial charge in [0.25, 0.3) is 0 Å². The standard InChI is InChI=1S/C25H26N4O2S/c1-4-18-14-32-25-27-22(21-7-5-6-12-26-21)23(29(18)25)20-13-15(2)28(16(20)3)19-10-8-17(9-11-19)24(30)31/h5-13,18,22-23H,4,14H2,1-3H3,(H,30,31). The van der Waals surface area contributed by atoms with E-state index >= 15 is 0 Å². The van der Waals surface area contributed by atoms with E-state index in [4.69, 9.17) is 4.99 Å². The van der Waals surface area contributed by atoms with Gasteiger partial charge in [-0.3, -0.25) is 9.98 Å². The fraction of sp³-hybridized carbons (Fsp3) is 0.320. The molecule has 4 heterocycles. The predicted molar refractivity (Wildman–Crippen MR) is 128 cm³/mol. The molecule has 7 heteroatoms. The fourth-order valence-corrected chi connectivity index (χ4v) is 6.26. The van der Waals surface area contributed by atoms with E-state index in [2.05, 4.69) is 47.4 Å². The maximum absolute atomic E-state index is 11.3. The molecule has 3 atom stereocenters. The largest absolute Gasteiger partial charge is 0.478 e. The summed E-state index contributed by atoms with van der Waals surface area (Å²) in [6.45, 7) is 6.49. The Bertz CT molecular complexity index is 1190. The number of amidine groups is 1. The van der Waals surface area contributed by atoms with Crippen LogP contribution < -0.4 is 0 Å². The Kier molecular flexibility index (Phi) is 5.29. The normalized spacial score (nSPS) is 22.2. The van der Waals surface area contributed by atoms with Gasteiger partial charge in [0.05, 0.1) is 17.3 Å². The quantitative estimate of drug-likeness (QED) is 0.586. The molecule has 5 rings (SSSR count). The molecule has 1 saturated heterocycles. The van der Waals surface area contributed by atoms with Crippen LogP contribution in [0.15, 0.2) is 59.7 Å². The summed E-state index contributed by atoms with van der Waals surface area (Å²) >= 11 is 1.85. The highest BCUT2D eigenvalue weighted by molar-refractivity contribution is 8.14. The molecular weight excluding hydrogens is 420 g/mol. The van der Waals surface area contributed by atoms with Crippen LogP contribution in [0.2, 0.25) is 0 Å². The van der Waals surface area contributed by atoms with E-state index in [1.165, 1.54) is 5.56 Å². The Hall–Kier alpha value is -3.06. The number of thioether (sulfide) groups is 1. The van der Waals surface area contributed by atoms with Crippen molar-refractivity contribution in [3.05, 3.63) is 82.9 Å². The minimum atomic E-state index is -0.913. The second kappa shape index (κ2) is 8.13. The third-order valence-corrected chi connectivity index (χ3v) is 7.62. The van der Waals surface area contributed by atoms with Gasteiger partial charge in [-0.25, -0.2) is 4.79 Å². The number of carbonyl (C=O) groups is 1. The second-order valence-corrected chi connectivity index (χ2v) is 9.34. The summed E-state index contributed by atoms with van der Waals surface area (Å²) in [6.07, 6.45) is 2.92. The van der Waals surface area contributed by atoms with E-state index in [0.717, 1.165) is 40.1 Å². The lowest BCUT2D eigenvalue weighted by molar-refractivity contribution is 0.0697. The van der Waals surface area contributed by atoms with E-state index in [1.54, 1.807) is 12.1 Å². The zero-order valence-corrected chi connectivity index (χ0v) is 19.2. The molecule has 0 amide bonds. The molecule has 2 aromatic heterocycles. The number of hydrogen-bond acceptors (Lipinski definition) is 5. The second-order valence-electron chi connectivity index (χ2n) is 8.35. The first-order valence-corrected chi connectivity index (χ1v) is 11.9. The summed E-state index contributed by atoms with van der Waals surface area (Å²) in [5, 5.41) is 10.4. The van der Waals surface area contributed by atoms with Crippen LogP contribution in [-0.2, 0) is 0 Å². The SMILES string of the molecule is CCC1CSC2=NC(c3ccccn3)C(c3cc(C)n(-c4ccc(C(=O)O)cc4)c3C)N21. The number of aromatic nitrogens is 2. The van der Waals surface area contributed by atoms with Crippen molar-refractivity contribution in [2.45, 2.75) is 45.3 Å². The molecule has 0 aliphatic carbocycles. The van der Waals surface area contributed by atoms with Crippen molar-refractivity contribution >= 4 is 22.9 Å². The number of aromatic carboxylic acids is 1. The third-order valence-electron chi connectivity index (χ3n) is 6.49. The van der Waals surface area contributed by atoms with Crippen molar-refractivity contribution in [2.75, 3.05) is 5.75 Å². The van der Waals surface area contributed by atoms with Crippen LogP contribution in [0.5, 0.6) is 0 Å². The van der Waals surface area contributed by atoms with Crippen LogP contribution in [0.25, 0.3) is 5.69 Å². The molecule has 6 nitrogen and oxygen atoms in total. The van der Waals surface area contributed by atoms with Gasteiger partial charge in [-0.05, 0) is 68.3 Å². The number of pyridine rings is 1. The zero-order valence-electron chi connectivity index (χ0n) is 18.4. The molecule has 164 valence electrons. The van der Waals surface area contributed by atoms with Crippen molar-refractivity contribution in [3.8, 4) is 5.69 Å². The molecule has 1 fully saturated rings. The zero-order chi connectivity index (χ0) is 22.4. The third kappa shape index (κ3) is 3.32. The smallest absolute Gasteiger partial charge is 0.335 e. The molecule has 1 N–H and O–H groups in total. The first-order valence-electron chi connectivity index (χ1n) is 10.9. The Balaban J connectivity index is 1.60. The van der Waals surface area contributed by atoms with Crippen LogP contribution in [0.3, 0.4) is 0 Å². The Labute approximate surface area is 192 Å². The molecule has 32 heavy (non-hydrogen) atoms. The highest BCUT2D eigenvalue weighted by Gasteiger charge is 2.46. The Morgan fingerprint density at radius 3 is 2.62 bits per heavy atom. The van der Waals surface area contributed by atoms with Gasteiger partial charge in [-0.1, -0.05) is 24.8 Å². The van der Waals surface area contributed by atoms with E-state index < -0.39 is 5.97 Å². The number of hydrogen-bond donors (Lipinski definition) is 1. The van der Waals surface area contributed by atoms with Gasteiger partial charge in [-0.15, -0.1) is 0 Å². The average molecular weight is 447 g/mol. The topological polar surface area (TPSA) is 70.7 Å². The van der Waals surface area contributed by atoms with Gasteiger partial charge in [0.2, 0.25) is 0 Å². The van der Waals surface area contributed by atoms with Gasteiger partial charge < -0.3 is 14.6 Å². The van der Waals surface area contributed by atoms with Crippen molar-refractivity contribution in [1.82, 2.24) is 14.5 Å². The number of nitrogens with zero attached hydrogens (tertiary/aromatic N) is 4. The fourth-order valence-electron chi connectivity index (χ4n) is 4.92.